The van der Waals surface area contributed by atoms with E-state index in [4.69, 9.17) is 4.74 Å². The lowest BCUT2D eigenvalue weighted by atomic mass is 9.91. The first kappa shape index (κ1) is 18.6. The molecule has 1 aliphatic carbocycles. The number of aliphatic imine (C=N–C) groups is 2. The Morgan fingerprint density at radius 1 is 1.10 bits per heavy atom. The highest BCUT2D eigenvalue weighted by molar-refractivity contribution is 5.82. The summed E-state index contributed by atoms with van der Waals surface area (Å²) in [5, 5.41) is 2.46. The molecule has 0 spiro atoms. The Morgan fingerprint density at radius 3 is 2.83 bits per heavy atom. The number of ether oxygens (including phenoxy) is 1. The van der Waals surface area contributed by atoms with Gasteiger partial charge in [0.15, 0.2) is 6.20 Å². The van der Waals surface area contributed by atoms with Gasteiger partial charge in [0.2, 0.25) is 12.0 Å². The van der Waals surface area contributed by atoms with Gasteiger partial charge in [-0.05, 0) is 57.3 Å². The maximum absolute atomic E-state index is 6.16. The van der Waals surface area contributed by atoms with E-state index in [2.05, 4.69) is 50.4 Å². The zero-order valence-electron chi connectivity index (χ0n) is 17.0. The van der Waals surface area contributed by atoms with Crippen molar-refractivity contribution in [3.8, 4) is 5.75 Å². The number of quaternary nitrogens is 1. The van der Waals surface area contributed by atoms with Crippen molar-refractivity contribution in [2.75, 3.05) is 31.3 Å². The Balaban J connectivity index is 1.34. The molecule has 3 aliphatic heterocycles. The van der Waals surface area contributed by atoms with Gasteiger partial charge in [0.25, 0.3) is 0 Å². The molecule has 152 valence electrons. The molecule has 0 amide bonds. The topological polar surface area (TPSA) is 40.4 Å². The molecule has 3 heterocycles. The van der Waals surface area contributed by atoms with Crippen LogP contribution >= 0.6 is 0 Å². The molecule has 0 bridgehead atoms. The van der Waals surface area contributed by atoms with Crippen LogP contribution in [0.25, 0.3) is 0 Å². The highest BCUT2D eigenvalue weighted by Gasteiger charge is 2.46. The number of hydrogen-bond acceptors (Lipinski definition) is 5. The molecule has 2 fully saturated rings. The summed E-state index contributed by atoms with van der Waals surface area (Å²) in [6.45, 7) is 4.17. The molecule has 1 saturated carbocycles. The van der Waals surface area contributed by atoms with Crippen LogP contribution in [0.5, 0.6) is 5.75 Å². The lowest BCUT2D eigenvalue weighted by Gasteiger charge is -2.46. The SMILES string of the molecule is C1=C[N+]2(N(c3cccc(OCCN4CCCCC4)c3)C3CCC3)C=NC=C2C=N1. The van der Waals surface area contributed by atoms with Crippen molar-refractivity contribution in [2.45, 2.75) is 44.6 Å². The first-order valence-electron chi connectivity index (χ1n) is 10.9. The number of rotatable bonds is 7. The number of fused-ring (bicyclic) bond motifs is 1. The Kier molecular flexibility index (Phi) is 5.21. The van der Waals surface area contributed by atoms with E-state index >= 15 is 0 Å². The third-order valence-corrected chi connectivity index (χ3v) is 6.43. The van der Waals surface area contributed by atoms with Crippen molar-refractivity contribution in [2.24, 2.45) is 9.98 Å². The third kappa shape index (κ3) is 3.63. The minimum Gasteiger partial charge on any atom is -0.492 e. The van der Waals surface area contributed by atoms with Crippen LogP contribution in [0.1, 0.15) is 38.5 Å². The Hall–Kier alpha value is -2.44. The summed E-state index contributed by atoms with van der Waals surface area (Å²) >= 11 is 0. The van der Waals surface area contributed by atoms with Crippen LogP contribution in [0.3, 0.4) is 0 Å². The highest BCUT2D eigenvalue weighted by atomic mass is 16.5. The highest BCUT2D eigenvalue weighted by Crippen LogP contribution is 2.39. The van der Waals surface area contributed by atoms with Crippen LogP contribution in [-0.4, -0.2) is 54.3 Å². The van der Waals surface area contributed by atoms with E-state index in [0.29, 0.717) is 10.6 Å². The summed E-state index contributed by atoms with van der Waals surface area (Å²) < 4.78 is 6.65. The molecular formula is C23H30N5O+. The largest absolute Gasteiger partial charge is 0.492 e. The molecule has 0 radical (unpaired) electrons. The summed E-state index contributed by atoms with van der Waals surface area (Å²) in [5.74, 6) is 0.943. The van der Waals surface area contributed by atoms with Crippen molar-refractivity contribution in [3.05, 3.63) is 48.6 Å². The van der Waals surface area contributed by atoms with Crippen LogP contribution in [0.4, 0.5) is 5.69 Å². The van der Waals surface area contributed by atoms with E-state index in [9.17, 15) is 0 Å². The van der Waals surface area contributed by atoms with Gasteiger partial charge in [-0.1, -0.05) is 12.5 Å². The lowest BCUT2D eigenvalue weighted by Crippen LogP contribution is -2.61. The molecule has 1 aromatic rings. The van der Waals surface area contributed by atoms with Crippen LogP contribution in [0, 0.1) is 0 Å². The Morgan fingerprint density at radius 2 is 2.00 bits per heavy atom. The molecular weight excluding hydrogens is 362 g/mol. The zero-order chi connectivity index (χ0) is 19.5. The molecule has 1 aromatic carbocycles. The van der Waals surface area contributed by atoms with Crippen molar-refractivity contribution in [3.63, 3.8) is 0 Å². The molecule has 1 saturated heterocycles. The predicted octanol–water partition coefficient (Wildman–Crippen LogP) is 4.08. The summed E-state index contributed by atoms with van der Waals surface area (Å²) in [6.07, 6.45) is 17.5. The molecule has 4 aliphatic rings. The minimum absolute atomic E-state index is 0.489. The molecule has 5 rings (SSSR count). The molecule has 1 unspecified atom stereocenters. The van der Waals surface area contributed by atoms with Crippen LogP contribution in [0.15, 0.2) is 58.5 Å². The second kappa shape index (κ2) is 8.13. The van der Waals surface area contributed by atoms with Crippen LogP contribution in [-0.2, 0) is 0 Å². The maximum atomic E-state index is 6.16. The van der Waals surface area contributed by atoms with E-state index in [1.807, 2.05) is 25.0 Å². The third-order valence-electron chi connectivity index (χ3n) is 6.43. The maximum Gasteiger partial charge on any atom is 0.225 e. The standard InChI is InChI=1S/C23H30N5O/c1-2-11-26(12-3-1)13-15-29-23-9-5-8-21(16-23)27(20-6-4-7-20)28-14-10-24-17-22(28)18-25-19-28/h5,8-10,14,16-20H,1-4,6-7,11-13,15H2/q+1. The van der Waals surface area contributed by atoms with Gasteiger partial charge < -0.3 is 4.74 Å². The molecule has 6 nitrogen and oxygen atoms in total. The summed E-state index contributed by atoms with van der Waals surface area (Å²) in [4.78, 5) is 11.3. The number of hydrogen-bond donors (Lipinski definition) is 0. The molecule has 1 atom stereocenters. The summed E-state index contributed by atoms with van der Waals surface area (Å²) in [5.41, 5.74) is 2.25. The molecule has 0 N–H and O–H groups in total. The van der Waals surface area contributed by atoms with E-state index in [1.165, 1.54) is 57.3 Å². The van der Waals surface area contributed by atoms with E-state index in [0.717, 1.165) is 24.6 Å². The Labute approximate surface area is 173 Å². The van der Waals surface area contributed by atoms with Gasteiger partial charge in [-0.25, -0.2) is 10.0 Å². The molecule has 29 heavy (non-hydrogen) atoms. The fourth-order valence-electron chi connectivity index (χ4n) is 4.63. The molecule has 6 heteroatoms. The molecule has 0 aromatic heterocycles. The number of nitrogens with zero attached hydrogens (tertiary/aromatic N) is 5. The number of anilines is 1. The first-order valence-corrected chi connectivity index (χ1v) is 10.9. The summed E-state index contributed by atoms with van der Waals surface area (Å²) in [6, 6.07) is 9.04. The lowest BCUT2D eigenvalue weighted by molar-refractivity contribution is -0.746. The van der Waals surface area contributed by atoms with Gasteiger partial charge in [0.05, 0.1) is 30.3 Å². The van der Waals surface area contributed by atoms with Gasteiger partial charge in [0.1, 0.15) is 12.4 Å². The van der Waals surface area contributed by atoms with E-state index in [-0.39, 0.29) is 0 Å². The van der Waals surface area contributed by atoms with Crippen LogP contribution < -0.4 is 9.75 Å². The monoisotopic (exact) mass is 392 g/mol. The minimum atomic E-state index is 0.489. The van der Waals surface area contributed by atoms with Gasteiger partial charge in [-0.2, -0.15) is 0 Å². The van der Waals surface area contributed by atoms with Gasteiger partial charge in [-0.3, -0.25) is 9.89 Å². The van der Waals surface area contributed by atoms with Gasteiger partial charge in [-0.15, -0.1) is 4.59 Å². The predicted molar refractivity (Wildman–Crippen MR) is 117 cm³/mol. The first-order chi connectivity index (χ1) is 14.4. The summed E-state index contributed by atoms with van der Waals surface area (Å²) in [7, 11) is 0. The fourth-order valence-corrected chi connectivity index (χ4v) is 4.63. The smallest absolute Gasteiger partial charge is 0.225 e. The van der Waals surface area contributed by atoms with Crippen molar-refractivity contribution in [1.82, 2.24) is 4.90 Å². The quantitative estimate of drug-likeness (QED) is 0.657. The second-order valence-electron chi connectivity index (χ2n) is 8.31. The number of benzene rings is 1. The fraction of sp³-hybridized carbons (Fsp3) is 0.478. The van der Waals surface area contributed by atoms with Crippen LogP contribution in [0.2, 0.25) is 0 Å². The normalized spacial score (nSPS) is 26.1. The van der Waals surface area contributed by atoms with Gasteiger partial charge >= 0.3 is 0 Å². The zero-order valence-corrected chi connectivity index (χ0v) is 17.0. The van der Waals surface area contributed by atoms with Crippen molar-refractivity contribution >= 4 is 18.2 Å². The Bertz CT molecular complexity index is 851. The van der Waals surface area contributed by atoms with Crippen molar-refractivity contribution in [1.29, 1.82) is 0 Å². The number of likely N-dealkylation sites (tertiary alicyclic amines) is 1. The number of piperidine rings is 1. The average molecular weight is 393 g/mol. The van der Waals surface area contributed by atoms with E-state index in [1.54, 1.807) is 0 Å². The van der Waals surface area contributed by atoms with Gasteiger partial charge in [0, 0.05) is 12.6 Å². The second-order valence-corrected chi connectivity index (χ2v) is 8.31. The average Bonchev–Trinajstić information content (AvgIpc) is 3.16. The van der Waals surface area contributed by atoms with E-state index < -0.39 is 0 Å². The van der Waals surface area contributed by atoms with Crippen molar-refractivity contribution < 1.29 is 9.33 Å². The number of allylic oxidation sites excluding steroid dienone is 1.